The van der Waals surface area contributed by atoms with Gasteiger partial charge in [0.1, 0.15) is 0 Å². The lowest BCUT2D eigenvalue weighted by Crippen LogP contribution is -2.48. The molecular weight excluding hydrogens is 188 g/mol. The number of nitrogens with one attached hydrogen (secondary N) is 1. The molecule has 2 rings (SSSR count). The van der Waals surface area contributed by atoms with Gasteiger partial charge in [0.05, 0.1) is 6.33 Å². The largest absolute Gasteiger partial charge is 0.337 e. The Morgan fingerprint density at radius 3 is 2.93 bits per heavy atom. The van der Waals surface area contributed by atoms with E-state index >= 15 is 0 Å². The van der Waals surface area contributed by atoms with Crippen molar-refractivity contribution in [1.82, 2.24) is 14.9 Å². The van der Waals surface area contributed by atoms with E-state index in [4.69, 9.17) is 5.73 Å². The Bertz CT molecular complexity index is 264. The van der Waals surface area contributed by atoms with Gasteiger partial charge in [-0.3, -0.25) is 0 Å². The summed E-state index contributed by atoms with van der Waals surface area (Å²) in [5.41, 5.74) is 5.71. The summed E-state index contributed by atoms with van der Waals surface area (Å²) in [4.78, 5) is 4.01. The number of hydrogen-bond donors (Lipinski definition) is 2. The van der Waals surface area contributed by atoms with Gasteiger partial charge in [-0.2, -0.15) is 0 Å². The van der Waals surface area contributed by atoms with Crippen molar-refractivity contribution in [3.63, 3.8) is 0 Å². The summed E-state index contributed by atoms with van der Waals surface area (Å²) < 4.78 is 2.12. The molecule has 1 fully saturated rings. The Kier molecular flexibility index (Phi) is 3.75. The van der Waals surface area contributed by atoms with Crippen LogP contribution in [0.3, 0.4) is 0 Å². The minimum Gasteiger partial charge on any atom is -0.337 e. The summed E-state index contributed by atoms with van der Waals surface area (Å²) in [6.45, 7) is 2.19. The van der Waals surface area contributed by atoms with Crippen LogP contribution in [0.2, 0.25) is 0 Å². The summed E-state index contributed by atoms with van der Waals surface area (Å²) in [7, 11) is 0. The first-order chi connectivity index (χ1) is 7.34. The average Bonchev–Trinajstić information content (AvgIpc) is 2.67. The predicted octanol–water partition coefficient (Wildman–Crippen LogP) is 0.743. The van der Waals surface area contributed by atoms with Crippen molar-refractivity contribution >= 4 is 0 Å². The van der Waals surface area contributed by atoms with Crippen molar-refractivity contribution in [2.45, 2.75) is 44.3 Å². The summed E-state index contributed by atoms with van der Waals surface area (Å²) in [5.74, 6) is 0. The topological polar surface area (TPSA) is 55.9 Å². The Morgan fingerprint density at radius 1 is 1.40 bits per heavy atom. The molecule has 1 heterocycles. The SMILES string of the molecule is NC1CC(NCCCCn2ccnc2)C1. The summed E-state index contributed by atoms with van der Waals surface area (Å²) in [5, 5.41) is 3.52. The van der Waals surface area contributed by atoms with Crippen molar-refractivity contribution in [2.24, 2.45) is 5.73 Å². The van der Waals surface area contributed by atoms with E-state index in [2.05, 4.69) is 14.9 Å². The zero-order valence-electron chi connectivity index (χ0n) is 9.10. The van der Waals surface area contributed by atoms with Crippen LogP contribution in [-0.4, -0.2) is 28.2 Å². The Balaban J connectivity index is 1.46. The maximum Gasteiger partial charge on any atom is 0.0945 e. The molecule has 0 bridgehead atoms. The number of unbranched alkanes of at least 4 members (excludes halogenated alkanes) is 1. The summed E-state index contributed by atoms with van der Waals surface area (Å²) >= 11 is 0. The zero-order valence-corrected chi connectivity index (χ0v) is 9.10. The standard InChI is InChI=1S/C11H20N4/c12-10-7-11(8-10)14-3-1-2-5-15-6-4-13-9-15/h4,6,9-11,14H,1-3,5,7-8,12H2. The molecule has 1 aliphatic carbocycles. The van der Waals surface area contributed by atoms with Gasteiger partial charge < -0.3 is 15.6 Å². The van der Waals surface area contributed by atoms with Crippen LogP contribution in [0.1, 0.15) is 25.7 Å². The van der Waals surface area contributed by atoms with E-state index in [1.165, 1.54) is 12.8 Å². The summed E-state index contributed by atoms with van der Waals surface area (Å²) in [6.07, 6.45) is 10.5. The molecule has 15 heavy (non-hydrogen) atoms. The molecule has 0 saturated heterocycles. The number of aromatic nitrogens is 2. The van der Waals surface area contributed by atoms with Crippen molar-refractivity contribution in [2.75, 3.05) is 6.54 Å². The molecular formula is C11H20N4. The van der Waals surface area contributed by atoms with E-state index in [1.807, 2.05) is 18.7 Å². The fourth-order valence-electron chi connectivity index (χ4n) is 1.97. The second kappa shape index (κ2) is 5.28. The van der Waals surface area contributed by atoms with Crippen molar-refractivity contribution in [1.29, 1.82) is 0 Å². The third-order valence-corrected chi connectivity index (χ3v) is 3.01. The minimum absolute atomic E-state index is 0.452. The van der Waals surface area contributed by atoms with Crippen LogP contribution in [0.15, 0.2) is 18.7 Å². The average molecular weight is 208 g/mol. The number of imidazole rings is 1. The Morgan fingerprint density at radius 2 is 2.27 bits per heavy atom. The predicted molar refractivity (Wildman–Crippen MR) is 60.5 cm³/mol. The fraction of sp³-hybridized carbons (Fsp3) is 0.727. The van der Waals surface area contributed by atoms with E-state index in [9.17, 15) is 0 Å². The lowest BCUT2D eigenvalue weighted by Gasteiger charge is -2.33. The maximum absolute atomic E-state index is 5.71. The quantitative estimate of drug-likeness (QED) is 0.678. The lowest BCUT2D eigenvalue weighted by atomic mass is 9.87. The molecule has 4 nitrogen and oxygen atoms in total. The number of nitrogens with zero attached hydrogens (tertiary/aromatic N) is 2. The van der Waals surface area contributed by atoms with E-state index in [-0.39, 0.29) is 0 Å². The Hall–Kier alpha value is -0.870. The third-order valence-electron chi connectivity index (χ3n) is 3.01. The first-order valence-corrected chi connectivity index (χ1v) is 5.79. The molecule has 0 aliphatic heterocycles. The molecule has 1 aromatic rings. The molecule has 0 spiro atoms. The maximum atomic E-state index is 5.71. The Labute approximate surface area is 90.9 Å². The highest BCUT2D eigenvalue weighted by Crippen LogP contribution is 2.16. The third kappa shape index (κ3) is 3.32. The van der Waals surface area contributed by atoms with Crippen LogP contribution in [0.25, 0.3) is 0 Å². The minimum atomic E-state index is 0.452. The molecule has 0 unspecified atom stereocenters. The van der Waals surface area contributed by atoms with Crippen LogP contribution in [-0.2, 0) is 6.54 Å². The lowest BCUT2D eigenvalue weighted by molar-refractivity contribution is 0.290. The normalized spacial score (nSPS) is 25.1. The molecule has 1 saturated carbocycles. The van der Waals surface area contributed by atoms with Crippen LogP contribution >= 0.6 is 0 Å². The van der Waals surface area contributed by atoms with Crippen LogP contribution in [0.5, 0.6) is 0 Å². The van der Waals surface area contributed by atoms with Crippen molar-refractivity contribution in [3.05, 3.63) is 18.7 Å². The van der Waals surface area contributed by atoms with Gasteiger partial charge >= 0.3 is 0 Å². The second-order valence-electron chi connectivity index (χ2n) is 4.39. The monoisotopic (exact) mass is 208 g/mol. The summed E-state index contributed by atoms with van der Waals surface area (Å²) in [6, 6.07) is 1.14. The van der Waals surface area contributed by atoms with Gasteiger partial charge in [-0.05, 0) is 32.2 Å². The molecule has 4 heteroatoms. The van der Waals surface area contributed by atoms with Gasteiger partial charge in [-0.1, -0.05) is 0 Å². The van der Waals surface area contributed by atoms with Gasteiger partial charge in [0.2, 0.25) is 0 Å². The van der Waals surface area contributed by atoms with Crippen LogP contribution in [0, 0.1) is 0 Å². The molecule has 0 aromatic carbocycles. The number of nitrogens with two attached hydrogens (primary N) is 1. The molecule has 1 aromatic heterocycles. The van der Waals surface area contributed by atoms with Gasteiger partial charge in [0.15, 0.2) is 0 Å². The number of aryl methyl sites for hydroxylation is 1. The van der Waals surface area contributed by atoms with Crippen molar-refractivity contribution < 1.29 is 0 Å². The number of rotatable bonds is 6. The zero-order chi connectivity index (χ0) is 10.5. The molecule has 1 aliphatic rings. The molecule has 0 radical (unpaired) electrons. The molecule has 3 N–H and O–H groups in total. The van der Waals surface area contributed by atoms with E-state index in [1.54, 1.807) is 0 Å². The van der Waals surface area contributed by atoms with Crippen LogP contribution in [0.4, 0.5) is 0 Å². The molecule has 84 valence electrons. The molecule has 0 atom stereocenters. The van der Waals surface area contributed by atoms with E-state index in [0.717, 1.165) is 25.9 Å². The highest BCUT2D eigenvalue weighted by molar-refractivity contribution is 4.87. The van der Waals surface area contributed by atoms with Gasteiger partial charge in [0.25, 0.3) is 0 Å². The smallest absolute Gasteiger partial charge is 0.0945 e. The highest BCUT2D eigenvalue weighted by atomic mass is 15.0. The first-order valence-electron chi connectivity index (χ1n) is 5.79. The fourth-order valence-corrected chi connectivity index (χ4v) is 1.97. The van der Waals surface area contributed by atoms with Crippen LogP contribution < -0.4 is 11.1 Å². The number of hydrogen-bond acceptors (Lipinski definition) is 3. The highest BCUT2D eigenvalue weighted by Gasteiger charge is 2.24. The van der Waals surface area contributed by atoms with E-state index < -0.39 is 0 Å². The van der Waals surface area contributed by atoms with Crippen molar-refractivity contribution in [3.8, 4) is 0 Å². The molecule has 0 amide bonds. The van der Waals surface area contributed by atoms with E-state index in [0.29, 0.717) is 12.1 Å². The second-order valence-corrected chi connectivity index (χ2v) is 4.39. The van der Waals surface area contributed by atoms with Gasteiger partial charge in [-0.25, -0.2) is 4.98 Å². The first kappa shape index (κ1) is 10.6. The van der Waals surface area contributed by atoms with Gasteiger partial charge in [-0.15, -0.1) is 0 Å². The van der Waals surface area contributed by atoms with Gasteiger partial charge in [0, 0.05) is 31.0 Å².